The Bertz CT molecular complexity index is 301. The van der Waals surface area contributed by atoms with E-state index in [-0.39, 0.29) is 4.90 Å². The van der Waals surface area contributed by atoms with E-state index in [1.54, 1.807) is 0 Å². The highest BCUT2D eigenvalue weighted by atomic mass is 15.1. The topological polar surface area (TPSA) is 3.24 Å². The molecule has 36 valence electrons. The second-order valence-electron chi connectivity index (χ2n) is 0.809. The maximum Gasteiger partial charge on any atom is 0.0430 e. The molecule has 0 spiro atoms. The first-order valence-electron chi connectivity index (χ1n) is 6.92. The maximum absolute atomic E-state index is 7.39. The molecule has 1 nitrogen and oxygen atoms in total. The van der Waals surface area contributed by atoms with E-state index in [1.807, 2.05) is 0 Å². The molecule has 0 saturated carbocycles. The van der Waals surface area contributed by atoms with Gasteiger partial charge < -0.3 is 4.90 Å². The molecular formula is C5H11N. The van der Waals surface area contributed by atoms with Crippen LogP contribution in [-0.2, 0) is 0 Å². The summed E-state index contributed by atoms with van der Waals surface area (Å²) in [7, 11) is 0. The Hall–Kier alpha value is -0.0400. The normalized spacial score (nSPS) is 88.3. The summed E-state index contributed by atoms with van der Waals surface area (Å²) in [6.07, 6.45) is -6.59. The minimum Gasteiger partial charge on any atom is -0.306 e. The molecule has 0 aromatic carbocycles. The van der Waals surface area contributed by atoms with Gasteiger partial charge in [-0.25, -0.2) is 0 Å². The zero-order chi connectivity index (χ0) is 14.1. The van der Waals surface area contributed by atoms with Crippen LogP contribution in [-0.4, -0.2) is 24.9 Å². The fourth-order valence-corrected chi connectivity index (χ4v) is 0.196. The second kappa shape index (κ2) is 1.61. The van der Waals surface area contributed by atoms with Crippen molar-refractivity contribution in [1.29, 1.82) is 0 Å². The van der Waals surface area contributed by atoms with Crippen molar-refractivity contribution >= 4 is 0 Å². The summed E-state index contributed by atoms with van der Waals surface area (Å²) in [5.74, 6) is 0. The fourth-order valence-electron chi connectivity index (χ4n) is 0.196. The Morgan fingerprint density at radius 2 is 2.33 bits per heavy atom. The Labute approximate surface area is 54.4 Å². The molecule has 1 rings (SSSR count). The molecule has 0 unspecified atom stereocenters. The molecule has 0 atom stereocenters. The Kier molecular flexibility index (Phi) is 0.136. The van der Waals surface area contributed by atoms with E-state index in [0.29, 0.717) is 0 Å². The first-order chi connectivity index (χ1) is 7.12. The highest BCUT2D eigenvalue weighted by Gasteiger charge is 2.03. The predicted octanol–water partition coefficient (Wildman–Crippen LogP) is 0.712. The lowest BCUT2D eigenvalue weighted by Gasteiger charge is -2.01. The van der Waals surface area contributed by atoms with Gasteiger partial charge in [0.05, 0.1) is 0 Å². The molecule has 0 amide bonds. The van der Waals surface area contributed by atoms with Crippen molar-refractivity contribution in [3.8, 4) is 0 Å². The summed E-state index contributed by atoms with van der Waals surface area (Å²) in [6.45, 7) is -9.86. The summed E-state index contributed by atoms with van der Waals surface area (Å²) < 4.78 is 80.1. The van der Waals surface area contributed by atoms with Gasteiger partial charge in [-0.05, 0) is 32.7 Å². The first-order valence-corrected chi connectivity index (χ1v) is 1.42. The smallest absolute Gasteiger partial charge is 0.0430 e. The SMILES string of the molecule is [2H]C([2H])([2H])N1C([2H])([2H])C([2H])([2H])C([2H])([2H])C1([2H])[2H]. The van der Waals surface area contributed by atoms with Gasteiger partial charge in [0.2, 0.25) is 0 Å². The Morgan fingerprint density at radius 1 is 1.67 bits per heavy atom. The molecule has 0 bridgehead atoms. The monoisotopic (exact) mass is 96.2 g/mol. The van der Waals surface area contributed by atoms with Crippen LogP contribution in [0.1, 0.15) is 27.8 Å². The lowest BCUT2D eigenvalue weighted by molar-refractivity contribution is 0.418. The van der Waals surface area contributed by atoms with Crippen LogP contribution >= 0.6 is 0 Å². The predicted molar refractivity (Wildman–Crippen MR) is 26.7 cm³/mol. The van der Waals surface area contributed by atoms with E-state index < -0.39 is 32.7 Å². The number of nitrogens with zero attached hydrogens (tertiary/aromatic N) is 1. The molecule has 6 heavy (non-hydrogen) atoms. The van der Waals surface area contributed by atoms with Crippen LogP contribution in [0.4, 0.5) is 0 Å². The molecule has 1 heterocycles. The minimum absolute atomic E-state index is 0.354. The summed E-state index contributed by atoms with van der Waals surface area (Å²) in [4.78, 5) is -0.354. The average Bonchev–Trinajstić information content (AvgIpc) is 2.03. The summed E-state index contributed by atoms with van der Waals surface area (Å²) >= 11 is 0. The van der Waals surface area contributed by atoms with Crippen molar-refractivity contribution in [3.63, 3.8) is 0 Å². The number of rotatable bonds is 0. The van der Waals surface area contributed by atoms with Gasteiger partial charge in [-0.3, -0.25) is 0 Å². The minimum atomic E-state index is -3.29. The Morgan fingerprint density at radius 3 is 2.67 bits per heavy atom. The third-order valence-corrected chi connectivity index (χ3v) is 0.398. The molecule has 0 aliphatic carbocycles. The van der Waals surface area contributed by atoms with Crippen molar-refractivity contribution in [1.82, 2.24) is 4.90 Å². The van der Waals surface area contributed by atoms with Crippen molar-refractivity contribution in [2.45, 2.75) is 12.7 Å². The van der Waals surface area contributed by atoms with Crippen molar-refractivity contribution in [2.24, 2.45) is 0 Å². The molecule has 1 aliphatic rings. The number of hydrogen-bond donors (Lipinski definition) is 0. The Balaban J connectivity index is 3.54. The molecule has 0 radical (unpaired) electrons. The van der Waals surface area contributed by atoms with Gasteiger partial charge in [-0.2, -0.15) is 0 Å². The summed E-state index contributed by atoms with van der Waals surface area (Å²) in [5, 5.41) is 0. The molecule has 1 heteroatoms. The molecule has 0 N–H and O–H groups in total. The van der Waals surface area contributed by atoms with Gasteiger partial charge in [0.1, 0.15) is 0 Å². The molecule has 1 aliphatic heterocycles. The lowest BCUT2D eigenvalue weighted by Crippen LogP contribution is -2.10. The third kappa shape index (κ3) is 0.716. The van der Waals surface area contributed by atoms with E-state index in [1.165, 1.54) is 0 Å². The lowest BCUT2D eigenvalue weighted by atomic mass is 10.4. The van der Waals surface area contributed by atoms with E-state index in [2.05, 4.69) is 0 Å². The van der Waals surface area contributed by atoms with E-state index in [4.69, 9.17) is 15.1 Å². The van der Waals surface area contributed by atoms with E-state index in [0.717, 1.165) is 0 Å². The van der Waals surface area contributed by atoms with Crippen LogP contribution in [0.2, 0.25) is 0 Å². The largest absolute Gasteiger partial charge is 0.306 e. The van der Waals surface area contributed by atoms with Gasteiger partial charge in [-0.15, -0.1) is 0 Å². The van der Waals surface area contributed by atoms with Crippen LogP contribution < -0.4 is 0 Å². The average molecular weight is 96.2 g/mol. The highest BCUT2D eigenvalue weighted by Crippen LogP contribution is 2.01. The highest BCUT2D eigenvalue weighted by molar-refractivity contribution is 4.59. The molecule has 1 fully saturated rings. The van der Waals surface area contributed by atoms with Gasteiger partial charge in [0.15, 0.2) is 0 Å². The quantitative estimate of drug-likeness (QED) is 0.429. The summed E-state index contributed by atoms with van der Waals surface area (Å²) in [5.41, 5.74) is 0. The van der Waals surface area contributed by atoms with Crippen LogP contribution in [0.15, 0.2) is 0 Å². The van der Waals surface area contributed by atoms with E-state index >= 15 is 0 Å². The van der Waals surface area contributed by atoms with Crippen molar-refractivity contribution < 1.29 is 15.1 Å². The summed E-state index contributed by atoms with van der Waals surface area (Å²) in [6, 6.07) is 0. The second-order valence-corrected chi connectivity index (χ2v) is 0.809. The van der Waals surface area contributed by atoms with Gasteiger partial charge in [0, 0.05) is 15.1 Å². The third-order valence-electron chi connectivity index (χ3n) is 0.398. The van der Waals surface area contributed by atoms with Crippen molar-refractivity contribution in [2.75, 3.05) is 20.0 Å². The number of likely N-dealkylation sites (tertiary alicyclic amines) is 1. The van der Waals surface area contributed by atoms with Crippen LogP contribution in [0.3, 0.4) is 0 Å². The standard InChI is InChI=1S/C5H11N/c1-6-4-2-3-5-6/h2-5H2,1H3/i1D3,2D2,3D2,4D2,5D2. The first kappa shape index (κ1) is 0.510. The van der Waals surface area contributed by atoms with Gasteiger partial charge in [-0.1, -0.05) is 0 Å². The molecule has 0 aromatic rings. The molecule has 1 saturated heterocycles. The fraction of sp³-hybridized carbons (Fsp3) is 1.00. The zero-order valence-corrected chi connectivity index (χ0v) is 2.95. The van der Waals surface area contributed by atoms with Gasteiger partial charge in [0.25, 0.3) is 0 Å². The van der Waals surface area contributed by atoms with Crippen molar-refractivity contribution in [3.05, 3.63) is 0 Å². The number of hydrogen-bond acceptors (Lipinski definition) is 1. The molecular weight excluding hydrogens is 74.1 g/mol. The zero-order valence-electron chi connectivity index (χ0n) is 13.9. The van der Waals surface area contributed by atoms with Crippen LogP contribution in [0.5, 0.6) is 0 Å². The van der Waals surface area contributed by atoms with Crippen LogP contribution in [0.25, 0.3) is 0 Å². The van der Waals surface area contributed by atoms with Gasteiger partial charge >= 0.3 is 0 Å². The maximum atomic E-state index is 7.39. The van der Waals surface area contributed by atoms with Crippen LogP contribution in [0, 0.1) is 0 Å². The molecule has 0 aromatic heterocycles. The van der Waals surface area contributed by atoms with E-state index in [9.17, 15) is 0 Å².